The Kier molecular flexibility index (Phi) is 6.95. The Morgan fingerprint density at radius 2 is 1.79 bits per heavy atom. The summed E-state index contributed by atoms with van der Waals surface area (Å²) < 4.78 is 5.82. The molecule has 1 N–H and O–H groups in total. The molecule has 1 amide bonds. The molecule has 6 nitrogen and oxygen atoms in total. The van der Waals surface area contributed by atoms with E-state index in [0.717, 1.165) is 27.5 Å². The monoisotopic (exact) mass is 478 g/mol. The molecule has 0 spiro atoms. The van der Waals surface area contributed by atoms with Gasteiger partial charge in [0.05, 0.1) is 12.1 Å². The van der Waals surface area contributed by atoms with Crippen LogP contribution in [0.5, 0.6) is 0 Å². The molecule has 2 aromatic heterocycles. The van der Waals surface area contributed by atoms with Crippen LogP contribution in [0.15, 0.2) is 63.6 Å². The number of hydrogen-bond donors (Lipinski definition) is 1. The molecule has 170 valence electrons. The molecule has 0 aliphatic heterocycles. The van der Waals surface area contributed by atoms with Gasteiger partial charge in [-0.1, -0.05) is 62.4 Å². The molecule has 0 saturated heterocycles. The Morgan fingerprint density at radius 1 is 1.06 bits per heavy atom. The number of amides is 1. The Morgan fingerprint density at radius 3 is 2.48 bits per heavy atom. The second-order valence-electron chi connectivity index (χ2n) is 8.81. The van der Waals surface area contributed by atoms with Gasteiger partial charge in [-0.15, -0.1) is 21.5 Å². The Labute approximate surface area is 201 Å². The van der Waals surface area contributed by atoms with Crippen LogP contribution in [0.2, 0.25) is 0 Å². The smallest absolute Gasteiger partial charge is 0.277 e. The van der Waals surface area contributed by atoms with Crippen LogP contribution < -0.4 is 5.32 Å². The van der Waals surface area contributed by atoms with E-state index in [2.05, 4.69) is 53.4 Å². The maximum atomic E-state index is 12.3. The van der Waals surface area contributed by atoms with E-state index in [1.54, 1.807) is 0 Å². The van der Waals surface area contributed by atoms with Gasteiger partial charge in [0.15, 0.2) is 0 Å². The van der Waals surface area contributed by atoms with Crippen LogP contribution in [0, 0.1) is 6.92 Å². The molecule has 0 radical (unpaired) electrons. The van der Waals surface area contributed by atoms with Gasteiger partial charge in [0, 0.05) is 22.4 Å². The molecule has 0 unspecified atom stereocenters. The summed E-state index contributed by atoms with van der Waals surface area (Å²) in [7, 11) is 0. The third-order valence-corrected chi connectivity index (χ3v) is 6.74. The third kappa shape index (κ3) is 6.30. The maximum absolute atomic E-state index is 12.3. The number of nitrogens with one attached hydrogen (secondary N) is 1. The van der Waals surface area contributed by atoms with E-state index in [0.29, 0.717) is 16.9 Å². The van der Waals surface area contributed by atoms with Gasteiger partial charge in [0.1, 0.15) is 5.01 Å². The summed E-state index contributed by atoms with van der Waals surface area (Å²) in [5.41, 5.74) is 5.09. The number of aryl methyl sites for hydroxylation is 1. The van der Waals surface area contributed by atoms with Crippen LogP contribution in [0.1, 0.15) is 42.6 Å². The fraction of sp³-hybridized carbons (Fsp3) is 0.280. The lowest BCUT2D eigenvalue weighted by Crippen LogP contribution is -2.14. The van der Waals surface area contributed by atoms with E-state index in [1.165, 1.54) is 28.7 Å². The fourth-order valence-corrected chi connectivity index (χ4v) is 4.66. The molecule has 0 atom stereocenters. The van der Waals surface area contributed by atoms with Crippen LogP contribution in [0.3, 0.4) is 0 Å². The molecule has 4 rings (SSSR count). The summed E-state index contributed by atoms with van der Waals surface area (Å²) in [5.74, 6) is 1.02. The second kappa shape index (κ2) is 9.89. The van der Waals surface area contributed by atoms with Crippen molar-refractivity contribution in [2.45, 2.75) is 50.5 Å². The first kappa shape index (κ1) is 23.2. The molecule has 2 aromatic carbocycles. The average Bonchev–Trinajstić information content (AvgIpc) is 3.43. The molecule has 0 aliphatic carbocycles. The number of thioether (sulfide) groups is 1. The number of rotatable bonds is 7. The van der Waals surface area contributed by atoms with Crippen molar-refractivity contribution in [2.24, 2.45) is 0 Å². The van der Waals surface area contributed by atoms with Crippen molar-refractivity contribution in [3.63, 3.8) is 0 Å². The Balaban J connectivity index is 1.30. The van der Waals surface area contributed by atoms with Crippen molar-refractivity contribution in [3.05, 3.63) is 75.7 Å². The first-order valence-electron chi connectivity index (χ1n) is 10.6. The highest BCUT2D eigenvalue weighted by Crippen LogP contribution is 2.28. The highest BCUT2D eigenvalue weighted by atomic mass is 32.2. The van der Waals surface area contributed by atoms with E-state index in [9.17, 15) is 4.79 Å². The summed E-state index contributed by atoms with van der Waals surface area (Å²) in [6.07, 6.45) is 0.248. The number of thiazole rings is 1. The lowest BCUT2D eigenvalue weighted by molar-refractivity contribution is -0.115. The topological polar surface area (TPSA) is 80.9 Å². The SMILES string of the molecule is Cc1ccc(NC(=O)Cc2nc(CSc3nnc(-c4ccc(C(C)(C)C)cc4)o3)cs2)cc1. The van der Waals surface area contributed by atoms with Gasteiger partial charge in [0.25, 0.3) is 5.22 Å². The van der Waals surface area contributed by atoms with Gasteiger partial charge in [-0.05, 0) is 42.2 Å². The van der Waals surface area contributed by atoms with Crippen molar-refractivity contribution < 1.29 is 9.21 Å². The average molecular weight is 479 g/mol. The van der Waals surface area contributed by atoms with Crippen LogP contribution in [-0.2, 0) is 22.4 Å². The first-order chi connectivity index (χ1) is 15.8. The lowest BCUT2D eigenvalue weighted by atomic mass is 9.87. The summed E-state index contributed by atoms with van der Waals surface area (Å²) in [5, 5.41) is 14.5. The largest absolute Gasteiger partial charge is 0.411 e. The fourth-order valence-electron chi connectivity index (χ4n) is 3.11. The number of hydrogen-bond acceptors (Lipinski definition) is 7. The number of aromatic nitrogens is 3. The molecule has 0 fully saturated rings. The minimum Gasteiger partial charge on any atom is -0.411 e. The van der Waals surface area contributed by atoms with Crippen molar-refractivity contribution in [1.29, 1.82) is 0 Å². The van der Waals surface area contributed by atoms with Gasteiger partial charge >= 0.3 is 0 Å². The van der Waals surface area contributed by atoms with Crippen LogP contribution in [-0.4, -0.2) is 21.1 Å². The van der Waals surface area contributed by atoms with Crippen molar-refractivity contribution >= 4 is 34.7 Å². The van der Waals surface area contributed by atoms with Crippen molar-refractivity contribution in [1.82, 2.24) is 15.2 Å². The number of nitrogens with zero attached hydrogens (tertiary/aromatic N) is 3. The van der Waals surface area contributed by atoms with Gasteiger partial charge in [-0.3, -0.25) is 4.79 Å². The van der Waals surface area contributed by atoms with Crippen molar-refractivity contribution in [2.75, 3.05) is 5.32 Å². The van der Waals surface area contributed by atoms with Gasteiger partial charge in [0.2, 0.25) is 11.8 Å². The molecule has 2 heterocycles. The second-order valence-corrected chi connectivity index (χ2v) is 10.7. The Bertz CT molecular complexity index is 1220. The summed E-state index contributed by atoms with van der Waals surface area (Å²) in [6.45, 7) is 8.57. The van der Waals surface area contributed by atoms with Gasteiger partial charge < -0.3 is 9.73 Å². The molecular weight excluding hydrogens is 452 g/mol. The predicted molar refractivity (Wildman–Crippen MR) is 134 cm³/mol. The molecule has 0 aliphatic rings. The molecule has 33 heavy (non-hydrogen) atoms. The van der Waals surface area contributed by atoms with Crippen LogP contribution in [0.25, 0.3) is 11.5 Å². The molecular formula is C25H26N4O2S2. The van der Waals surface area contributed by atoms with E-state index >= 15 is 0 Å². The number of anilines is 1. The summed E-state index contributed by atoms with van der Waals surface area (Å²) in [6, 6.07) is 15.9. The molecule has 8 heteroatoms. The first-order valence-corrected chi connectivity index (χ1v) is 12.5. The zero-order valence-electron chi connectivity index (χ0n) is 19.1. The van der Waals surface area contributed by atoms with Crippen molar-refractivity contribution in [3.8, 4) is 11.5 Å². The van der Waals surface area contributed by atoms with E-state index < -0.39 is 0 Å². The Hall–Kier alpha value is -2.97. The molecule has 4 aromatic rings. The minimum atomic E-state index is -0.0774. The third-order valence-electron chi connectivity index (χ3n) is 4.99. The van der Waals surface area contributed by atoms with Gasteiger partial charge in [-0.25, -0.2) is 4.98 Å². The standard InChI is InChI=1S/C25H26N4O2S2/c1-16-5-11-19(12-6-16)26-21(30)13-22-27-20(14-32-22)15-33-24-29-28-23(31-24)17-7-9-18(10-8-17)25(2,3)4/h5-12,14H,13,15H2,1-4H3,(H,26,30). The van der Waals surface area contributed by atoms with E-state index in [1.807, 2.05) is 48.7 Å². The highest BCUT2D eigenvalue weighted by molar-refractivity contribution is 7.98. The summed E-state index contributed by atoms with van der Waals surface area (Å²) in [4.78, 5) is 16.9. The van der Waals surface area contributed by atoms with Crippen LogP contribution in [0.4, 0.5) is 5.69 Å². The quantitative estimate of drug-likeness (QED) is 0.315. The van der Waals surface area contributed by atoms with Gasteiger partial charge in [-0.2, -0.15) is 0 Å². The predicted octanol–water partition coefficient (Wildman–Crippen LogP) is 6.27. The highest BCUT2D eigenvalue weighted by Gasteiger charge is 2.15. The number of benzene rings is 2. The number of carbonyl (C=O) groups is 1. The van der Waals surface area contributed by atoms with E-state index in [4.69, 9.17) is 4.42 Å². The van der Waals surface area contributed by atoms with E-state index in [-0.39, 0.29) is 17.7 Å². The minimum absolute atomic E-state index is 0.0774. The lowest BCUT2D eigenvalue weighted by Gasteiger charge is -2.18. The van der Waals surface area contributed by atoms with Crippen LogP contribution >= 0.6 is 23.1 Å². The molecule has 0 saturated carbocycles. The molecule has 0 bridgehead atoms. The normalized spacial score (nSPS) is 11.5. The maximum Gasteiger partial charge on any atom is 0.277 e. The zero-order valence-corrected chi connectivity index (χ0v) is 20.7. The summed E-state index contributed by atoms with van der Waals surface area (Å²) >= 11 is 2.92. The number of carbonyl (C=O) groups excluding carboxylic acids is 1. The zero-order chi connectivity index (χ0) is 23.4.